The Balaban J connectivity index is 1.57. The van der Waals surface area contributed by atoms with E-state index in [4.69, 9.17) is 9.15 Å². The predicted molar refractivity (Wildman–Crippen MR) is 101 cm³/mol. The minimum absolute atomic E-state index is 0.0161. The van der Waals surface area contributed by atoms with Crippen molar-refractivity contribution < 1.29 is 22.4 Å². The Hall–Kier alpha value is -2.62. The third-order valence-corrected chi connectivity index (χ3v) is 5.22. The molecule has 0 aliphatic heterocycles. The van der Waals surface area contributed by atoms with Gasteiger partial charge < -0.3 is 9.15 Å². The van der Waals surface area contributed by atoms with Gasteiger partial charge in [-0.1, -0.05) is 34.1 Å². The normalized spacial score (nSPS) is 11.1. The van der Waals surface area contributed by atoms with E-state index in [2.05, 4.69) is 21.4 Å². The summed E-state index contributed by atoms with van der Waals surface area (Å²) in [6, 6.07) is 18.2. The van der Waals surface area contributed by atoms with E-state index in [0.717, 1.165) is 4.47 Å². The zero-order valence-corrected chi connectivity index (χ0v) is 16.3. The maximum absolute atomic E-state index is 12.2. The van der Waals surface area contributed by atoms with Crippen molar-refractivity contribution in [3.63, 3.8) is 0 Å². The molecule has 27 heavy (non-hydrogen) atoms. The van der Waals surface area contributed by atoms with Gasteiger partial charge in [-0.25, -0.2) is 8.42 Å². The van der Waals surface area contributed by atoms with Crippen LogP contribution in [-0.4, -0.2) is 14.3 Å². The van der Waals surface area contributed by atoms with Crippen LogP contribution in [0.3, 0.4) is 0 Å². The van der Waals surface area contributed by atoms with Crippen molar-refractivity contribution in [3.8, 4) is 5.75 Å². The SMILES string of the molecule is O=C(NNS(=O)(=O)c1ccc(Br)cc1)c1ccc(COc2ccccc2)o1. The van der Waals surface area contributed by atoms with Crippen LogP contribution in [0.15, 0.2) is 80.5 Å². The fraction of sp³-hybridized carbons (Fsp3) is 0.0556. The number of carbonyl (C=O) groups is 1. The monoisotopic (exact) mass is 450 g/mol. The highest BCUT2D eigenvalue weighted by atomic mass is 79.9. The zero-order valence-electron chi connectivity index (χ0n) is 13.9. The Morgan fingerprint density at radius 3 is 2.41 bits per heavy atom. The van der Waals surface area contributed by atoms with Crippen LogP contribution in [0, 0.1) is 0 Å². The number of halogens is 1. The molecule has 0 spiro atoms. The second-order valence-corrected chi connectivity index (χ2v) is 7.98. The van der Waals surface area contributed by atoms with E-state index in [1.165, 1.54) is 18.2 Å². The Labute approximate surface area is 164 Å². The molecule has 0 aliphatic rings. The van der Waals surface area contributed by atoms with Crippen LogP contribution >= 0.6 is 15.9 Å². The average Bonchev–Trinajstić information content (AvgIpc) is 3.15. The summed E-state index contributed by atoms with van der Waals surface area (Å²) in [5.74, 6) is 0.337. The van der Waals surface area contributed by atoms with Crippen LogP contribution in [0.5, 0.6) is 5.75 Å². The summed E-state index contributed by atoms with van der Waals surface area (Å²) in [6.45, 7) is 0.141. The molecular formula is C18H15BrN2O5S. The number of hydrazine groups is 1. The van der Waals surface area contributed by atoms with E-state index in [9.17, 15) is 13.2 Å². The van der Waals surface area contributed by atoms with E-state index in [0.29, 0.717) is 11.5 Å². The maximum atomic E-state index is 12.2. The molecule has 0 unspecified atom stereocenters. The van der Waals surface area contributed by atoms with Gasteiger partial charge in [-0.3, -0.25) is 10.2 Å². The predicted octanol–water partition coefficient (Wildman–Crippen LogP) is 3.24. The number of para-hydroxylation sites is 1. The molecule has 0 bridgehead atoms. The zero-order chi connectivity index (χ0) is 19.3. The molecule has 3 rings (SSSR count). The molecule has 0 fully saturated rings. The first-order valence-corrected chi connectivity index (χ1v) is 10.1. The lowest BCUT2D eigenvalue weighted by Crippen LogP contribution is -2.41. The lowest BCUT2D eigenvalue weighted by molar-refractivity contribution is 0.0913. The van der Waals surface area contributed by atoms with Gasteiger partial charge in [-0.2, -0.15) is 0 Å². The molecule has 2 aromatic carbocycles. The van der Waals surface area contributed by atoms with E-state index in [-0.39, 0.29) is 17.3 Å². The van der Waals surface area contributed by atoms with Crippen LogP contribution in [0.25, 0.3) is 0 Å². The first kappa shape index (κ1) is 19.2. The highest BCUT2D eigenvalue weighted by Gasteiger charge is 2.17. The quantitative estimate of drug-likeness (QED) is 0.538. The molecule has 1 amide bonds. The van der Waals surface area contributed by atoms with Crippen LogP contribution in [0.1, 0.15) is 16.3 Å². The Morgan fingerprint density at radius 2 is 1.70 bits per heavy atom. The summed E-state index contributed by atoms with van der Waals surface area (Å²) in [7, 11) is -3.89. The van der Waals surface area contributed by atoms with Gasteiger partial charge in [0, 0.05) is 4.47 Å². The largest absolute Gasteiger partial charge is 0.486 e. The number of nitrogens with one attached hydrogen (secondary N) is 2. The lowest BCUT2D eigenvalue weighted by Gasteiger charge is -2.07. The van der Waals surface area contributed by atoms with Crippen molar-refractivity contribution in [2.75, 3.05) is 0 Å². The van der Waals surface area contributed by atoms with Gasteiger partial charge >= 0.3 is 5.91 Å². The summed E-state index contributed by atoms with van der Waals surface area (Å²) in [6.07, 6.45) is 0. The minimum Gasteiger partial charge on any atom is -0.486 e. The number of rotatable bonds is 7. The second kappa shape index (κ2) is 8.38. The highest BCUT2D eigenvalue weighted by Crippen LogP contribution is 2.15. The van der Waals surface area contributed by atoms with Crippen LogP contribution < -0.4 is 15.0 Å². The maximum Gasteiger partial charge on any atom is 0.301 e. The number of benzene rings is 2. The third-order valence-electron chi connectivity index (χ3n) is 3.43. The Kier molecular flexibility index (Phi) is 5.94. The van der Waals surface area contributed by atoms with E-state index in [1.54, 1.807) is 30.3 Å². The first-order chi connectivity index (χ1) is 12.9. The average molecular weight is 451 g/mol. The number of amides is 1. The van der Waals surface area contributed by atoms with Crippen molar-refractivity contribution in [1.82, 2.24) is 10.3 Å². The fourth-order valence-electron chi connectivity index (χ4n) is 2.10. The van der Waals surface area contributed by atoms with Crippen LogP contribution in [0.2, 0.25) is 0 Å². The summed E-state index contributed by atoms with van der Waals surface area (Å²) in [5.41, 5.74) is 2.12. The molecule has 7 nitrogen and oxygen atoms in total. The molecular weight excluding hydrogens is 436 g/mol. The van der Waals surface area contributed by atoms with E-state index < -0.39 is 15.9 Å². The molecule has 0 atom stereocenters. The standard InChI is InChI=1S/C18H15BrN2O5S/c19-13-6-9-16(10-7-13)27(23,24)21-20-18(22)17-11-8-15(26-17)12-25-14-4-2-1-3-5-14/h1-11,21H,12H2,(H,20,22). The van der Waals surface area contributed by atoms with Crippen molar-refractivity contribution in [3.05, 3.63) is 82.7 Å². The summed E-state index contributed by atoms with van der Waals surface area (Å²) < 4.78 is 35.9. The number of ether oxygens (including phenoxy) is 1. The molecule has 0 radical (unpaired) electrons. The molecule has 1 heterocycles. The van der Waals surface area contributed by atoms with Gasteiger partial charge in [-0.15, -0.1) is 4.83 Å². The van der Waals surface area contributed by atoms with Crippen LogP contribution in [-0.2, 0) is 16.6 Å². The fourth-order valence-corrected chi connectivity index (χ4v) is 3.20. The lowest BCUT2D eigenvalue weighted by atomic mass is 10.3. The summed E-state index contributed by atoms with van der Waals surface area (Å²) in [4.78, 5) is 14.1. The number of carbonyl (C=O) groups excluding carboxylic acids is 1. The van der Waals surface area contributed by atoms with Gasteiger partial charge in [0.05, 0.1) is 4.90 Å². The Bertz CT molecular complexity index is 1020. The van der Waals surface area contributed by atoms with Crippen molar-refractivity contribution in [2.24, 2.45) is 0 Å². The molecule has 0 saturated heterocycles. The molecule has 9 heteroatoms. The second-order valence-electron chi connectivity index (χ2n) is 5.38. The van der Waals surface area contributed by atoms with Gasteiger partial charge in [0.15, 0.2) is 5.76 Å². The molecule has 0 aliphatic carbocycles. The number of sulfonamides is 1. The van der Waals surface area contributed by atoms with Gasteiger partial charge in [0.2, 0.25) is 0 Å². The molecule has 140 valence electrons. The molecule has 2 N–H and O–H groups in total. The van der Waals surface area contributed by atoms with E-state index in [1.807, 2.05) is 23.0 Å². The topological polar surface area (TPSA) is 97.6 Å². The van der Waals surface area contributed by atoms with E-state index >= 15 is 0 Å². The highest BCUT2D eigenvalue weighted by molar-refractivity contribution is 9.10. The third kappa shape index (κ3) is 5.19. The van der Waals surface area contributed by atoms with Crippen molar-refractivity contribution >= 4 is 31.9 Å². The Morgan fingerprint density at radius 1 is 1.00 bits per heavy atom. The molecule has 0 saturated carbocycles. The smallest absolute Gasteiger partial charge is 0.301 e. The van der Waals surface area contributed by atoms with Gasteiger partial charge in [0.1, 0.15) is 18.1 Å². The number of furan rings is 1. The van der Waals surface area contributed by atoms with Gasteiger partial charge in [0.25, 0.3) is 10.0 Å². The van der Waals surface area contributed by atoms with Crippen LogP contribution in [0.4, 0.5) is 0 Å². The number of hydrogen-bond acceptors (Lipinski definition) is 5. The summed E-state index contributed by atoms with van der Waals surface area (Å²) >= 11 is 3.23. The number of hydrogen-bond donors (Lipinski definition) is 2. The minimum atomic E-state index is -3.89. The molecule has 1 aromatic heterocycles. The van der Waals surface area contributed by atoms with Crippen molar-refractivity contribution in [2.45, 2.75) is 11.5 Å². The molecule has 3 aromatic rings. The van der Waals surface area contributed by atoms with Crippen molar-refractivity contribution in [1.29, 1.82) is 0 Å². The first-order valence-electron chi connectivity index (χ1n) is 7.78. The van der Waals surface area contributed by atoms with Gasteiger partial charge in [-0.05, 0) is 48.5 Å². The summed E-state index contributed by atoms with van der Waals surface area (Å²) in [5, 5.41) is 0.